The summed E-state index contributed by atoms with van der Waals surface area (Å²) in [5.41, 5.74) is 1.30. The predicted molar refractivity (Wildman–Crippen MR) is 136 cm³/mol. The van der Waals surface area contributed by atoms with Crippen molar-refractivity contribution in [3.05, 3.63) is 35.9 Å². The first-order chi connectivity index (χ1) is 18.1. The molecule has 3 N–H and O–H groups in total. The Labute approximate surface area is 220 Å². The molecule has 2 saturated heterocycles. The van der Waals surface area contributed by atoms with Crippen molar-refractivity contribution in [2.75, 3.05) is 59.5 Å². The van der Waals surface area contributed by atoms with Gasteiger partial charge in [0.05, 0.1) is 12.3 Å². The van der Waals surface area contributed by atoms with Crippen LogP contribution in [-0.2, 0) is 14.4 Å². The fraction of sp³-hybridized carbons (Fsp3) is 0.480. The molecule has 0 aromatic heterocycles. The number of unbranched alkanes of at least 4 members (excludes halogenated alkanes) is 1. The van der Waals surface area contributed by atoms with Crippen molar-refractivity contribution >= 4 is 29.6 Å². The van der Waals surface area contributed by atoms with Crippen LogP contribution in [0.25, 0.3) is 0 Å². The number of amides is 3. The zero-order chi connectivity index (χ0) is 27.7. The van der Waals surface area contributed by atoms with Crippen LogP contribution in [0, 0.1) is 0 Å². The van der Waals surface area contributed by atoms with E-state index >= 15 is 0 Å². The average molecular weight is 532 g/mol. The van der Waals surface area contributed by atoms with E-state index in [1.807, 2.05) is 0 Å². The fourth-order valence-electron chi connectivity index (χ4n) is 4.16. The molecule has 38 heavy (non-hydrogen) atoms. The highest BCUT2D eigenvalue weighted by molar-refractivity contribution is 6.06. The third kappa shape index (κ3) is 8.28. The van der Waals surface area contributed by atoms with Gasteiger partial charge in [-0.15, -0.1) is 0 Å². The molecule has 13 nitrogen and oxygen atoms in total. The van der Waals surface area contributed by atoms with Gasteiger partial charge in [0.25, 0.3) is 5.91 Å². The number of hydrogen-bond acceptors (Lipinski definition) is 9. The van der Waals surface area contributed by atoms with Crippen molar-refractivity contribution in [3.8, 4) is 11.5 Å². The molecule has 3 amide bonds. The van der Waals surface area contributed by atoms with Crippen LogP contribution in [-0.4, -0.2) is 124 Å². The largest absolute Gasteiger partial charge is 0.508 e. The molecule has 206 valence electrons. The number of likely N-dealkylation sites (N-methyl/N-ethyl adjacent to an activating group) is 1. The third-order valence-corrected chi connectivity index (χ3v) is 6.22. The topological polar surface area (TPSA) is 164 Å². The lowest BCUT2D eigenvalue weighted by molar-refractivity contribution is -0.134. The maximum Gasteiger partial charge on any atom is 0.347 e. The smallest absolute Gasteiger partial charge is 0.347 e. The number of hydrazone groups is 1. The number of urea groups is 1. The first-order valence-corrected chi connectivity index (χ1v) is 12.3. The SMILES string of the molecule is CN1CCN(CCCCN2C(=O)CN(/N=C3\CCOc4ccc(O)cc43)C2=O)CC1.O=C(O)/C=C/C(=O)O. The van der Waals surface area contributed by atoms with Crippen molar-refractivity contribution < 1.29 is 39.2 Å². The summed E-state index contributed by atoms with van der Waals surface area (Å²) in [7, 11) is 2.14. The summed E-state index contributed by atoms with van der Waals surface area (Å²) in [5, 5.41) is 31.1. The number of hydrogen-bond donors (Lipinski definition) is 3. The zero-order valence-electron chi connectivity index (χ0n) is 21.3. The van der Waals surface area contributed by atoms with Crippen LogP contribution in [0.15, 0.2) is 35.5 Å². The van der Waals surface area contributed by atoms with E-state index in [0.717, 1.165) is 45.6 Å². The highest BCUT2D eigenvalue weighted by Crippen LogP contribution is 2.29. The number of rotatable bonds is 8. The van der Waals surface area contributed by atoms with Crippen molar-refractivity contribution in [1.29, 1.82) is 0 Å². The molecule has 2 fully saturated rings. The Morgan fingerprint density at radius 1 is 1.03 bits per heavy atom. The van der Waals surface area contributed by atoms with E-state index < -0.39 is 11.9 Å². The van der Waals surface area contributed by atoms with Crippen LogP contribution in [0.1, 0.15) is 24.8 Å². The summed E-state index contributed by atoms with van der Waals surface area (Å²) < 4.78 is 5.58. The van der Waals surface area contributed by atoms with Crippen molar-refractivity contribution in [1.82, 2.24) is 19.7 Å². The number of carboxylic acid groups (broad SMARTS) is 2. The first-order valence-electron chi connectivity index (χ1n) is 12.3. The molecule has 1 aromatic rings. The summed E-state index contributed by atoms with van der Waals surface area (Å²) >= 11 is 0. The summed E-state index contributed by atoms with van der Waals surface area (Å²) in [6.07, 6.45) is 3.38. The second-order valence-corrected chi connectivity index (χ2v) is 9.07. The van der Waals surface area contributed by atoms with E-state index in [1.54, 1.807) is 18.2 Å². The number of ether oxygens (including phenoxy) is 1. The molecule has 0 aliphatic carbocycles. The number of piperazine rings is 1. The van der Waals surface area contributed by atoms with Gasteiger partial charge in [-0.3, -0.25) is 9.69 Å². The van der Waals surface area contributed by atoms with Crippen LogP contribution < -0.4 is 4.74 Å². The lowest BCUT2D eigenvalue weighted by atomic mass is 10.0. The Hall–Kier alpha value is -3.97. The molecule has 13 heteroatoms. The minimum absolute atomic E-state index is 0.0458. The van der Waals surface area contributed by atoms with Crippen molar-refractivity contribution in [2.24, 2.45) is 5.10 Å². The van der Waals surface area contributed by atoms with E-state index in [-0.39, 0.29) is 24.2 Å². The number of imide groups is 1. The van der Waals surface area contributed by atoms with Gasteiger partial charge in [0.2, 0.25) is 0 Å². The van der Waals surface area contributed by atoms with E-state index in [4.69, 9.17) is 14.9 Å². The van der Waals surface area contributed by atoms with Gasteiger partial charge in [-0.05, 0) is 44.6 Å². The zero-order valence-corrected chi connectivity index (χ0v) is 21.3. The van der Waals surface area contributed by atoms with Crippen LogP contribution in [0.3, 0.4) is 0 Å². The van der Waals surface area contributed by atoms with Gasteiger partial charge in [0, 0.05) is 56.9 Å². The Balaban J connectivity index is 0.000000436. The van der Waals surface area contributed by atoms with Crippen LogP contribution >= 0.6 is 0 Å². The second-order valence-electron chi connectivity index (χ2n) is 9.07. The molecule has 0 unspecified atom stereocenters. The van der Waals surface area contributed by atoms with Gasteiger partial charge >= 0.3 is 18.0 Å². The van der Waals surface area contributed by atoms with Crippen molar-refractivity contribution in [2.45, 2.75) is 19.3 Å². The predicted octanol–water partition coefficient (Wildman–Crippen LogP) is 0.882. The van der Waals surface area contributed by atoms with Gasteiger partial charge in [0.1, 0.15) is 18.0 Å². The van der Waals surface area contributed by atoms with Crippen molar-refractivity contribution in [3.63, 3.8) is 0 Å². The Bertz CT molecular complexity index is 1080. The minimum Gasteiger partial charge on any atom is -0.508 e. The normalized spacial score (nSPS) is 19.3. The Morgan fingerprint density at radius 2 is 1.68 bits per heavy atom. The van der Waals surface area contributed by atoms with Gasteiger partial charge in [-0.25, -0.2) is 19.4 Å². The van der Waals surface area contributed by atoms with Gasteiger partial charge < -0.3 is 29.9 Å². The summed E-state index contributed by atoms with van der Waals surface area (Å²) in [6, 6.07) is 4.44. The molecule has 0 saturated carbocycles. The third-order valence-electron chi connectivity index (χ3n) is 6.22. The highest BCUT2D eigenvalue weighted by atomic mass is 16.5. The van der Waals surface area contributed by atoms with Crippen LogP contribution in [0.5, 0.6) is 11.5 Å². The minimum atomic E-state index is -1.26. The number of aliphatic carboxylic acids is 2. The highest BCUT2D eigenvalue weighted by Gasteiger charge is 2.36. The molecule has 0 spiro atoms. The lowest BCUT2D eigenvalue weighted by Gasteiger charge is -2.32. The monoisotopic (exact) mass is 531 g/mol. The molecule has 3 aliphatic heterocycles. The maximum atomic E-state index is 12.7. The molecular formula is C25H33N5O8. The number of phenolic OH excluding ortho intramolecular Hbond substituents is 1. The van der Waals surface area contributed by atoms with Crippen LogP contribution in [0.4, 0.5) is 4.79 Å². The molecule has 3 aliphatic rings. The Morgan fingerprint density at radius 3 is 2.34 bits per heavy atom. The summed E-state index contributed by atoms with van der Waals surface area (Å²) in [5.74, 6) is -2.00. The second kappa shape index (κ2) is 13.5. The maximum absolute atomic E-state index is 12.7. The summed E-state index contributed by atoms with van der Waals surface area (Å²) in [4.78, 5) is 50.3. The molecule has 0 atom stereocenters. The van der Waals surface area contributed by atoms with Gasteiger partial charge in [-0.1, -0.05) is 0 Å². The van der Waals surface area contributed by atoms with Gasteiger partial charge in [0.15, 0.2) is 0 Å². The molecule has 1 aromatic carbocycles. The van der Waals surface area contributed by atoms with E-state index in [9.17, 15) is 24.3 Å². The average Bonchev–Trinajstić information content (AvgIpc) is 3.14. The number of benzene rings is 1. The number of carboxylic acids is 2. The lowest BCUT2D eigenvalue weighted by Crippen LogP contribution is -2.44. The first kappa shape index (κ1) is 28.6. The van der Waals surface area contributed by atoms with E-state index in [1.165, 1.54) is 9.91 Å². The number of carbonyl (C=O) groups excluding carboxylic acids is 2. The van der Waals surface area contributed by atoms with Crippen LogP contribution in [0.2, 0.25) is 0 Å². The molecule has 4 rings (SSSR count). The van der Waals surface area contributed by atoms with Gasteiger partial charge in [-0.2, -0.15) is 5.10 Å². The number of phenols is 1. The Kier molecular flexibility index (Phi) is 10.2. The molecule has 3 heterocycles. The fourth-order valence-corrected chi connectivity index (χ4v) is 4.16. The number of fused-ring (bicyclic) bond motifs is 1. The summed E-state index contributed by atoms with van der Waals surface area (Å²) in [6.45, 7) is 6.14. The molecule has 0 bridgehead atoms. The number of nitrogens with zero attached hydrogens (tertiary/aromatic N) is 5. The number of carbonyl (C=O) groups is 4. The van der Waals surface area contributed by atoms with E-state index in [2.05, 4.69) is 21.9 Å². The standard InChI is InChI=1S/C21H29N5O4.C4H4O4/c1-23-9-11-24(12-10-23)7-2-3-8-25-20(28)15-26(21(25)29)22-18-6-13-30-19-5-4-16(27)14-17(18)19;5-3(6)1-2-4(7)8/h4-5,14,27H,2-3,6-13,15H2,1H3;1-2H,(H,5,6)(H,7,8)/b22-18+;2-1+. The quantitative estimate of drug-likeness (QED) is 0.249. The number of aromatic hydroxyl groups is 1. The molecular weight excluding hydrogens is 498 g/mol. The van der Waals surface area contributed by atoms with E-state index in [0.29, 0.717) is 48.7 Å². The molecule has 0 radical (unpaired) electrons.